The summed E-state index contributed by atoms with van der Waals surface area (Å²) in [5, 5.41) is 9.77. The second-order valence-electron chi connectivity index (χ2n) is 3.42. The van der Waals surface area contributed by atoms with Gasteiger partial charge < -0.3 is 9.84 Å². The first-order valence-corrected chi connectivity index (χ1v) is 4.71. The number of hydrogen-bond acceptors (Lipinski definition) is 3. The molecule has 2 rings (SSSR count). The van der Waals surface area contributed by atoms with Crippen molar-refractivity contribution in [3.05, 3.63) is 29.3 Å². The van der Waals surface area contributed by atoms with Gasteiger partial charge in [-0.1, -0.05) is 0 Å². The van der Waals surface area contributed by atoms with Crippen LogP contribution in [-0.4, -0.2) is 18.0 Å². The molecule has 1 aromatic carbocycles. The van der Waals surface area contributed by atoms with E-state index in [2.05, 4.69) is 0 Å². The maximum absolute atomic E-state index is 10.6. The highest BCUT2D eigenvalue weighted by molar-refractivity contribution is 5.75. The molecular formula is C11H12O3. The van der Waals surface area contributed by atoms with E-state index in [1.807, 2.05) is 0 Å². The number of fused-ring (bicyclic) bond motifs is 1. The van der Waals surface area contributed by atoms with Crippen LogP contribution in [0.4, 0.5) is 0 Å². The van der Waals surface area contributed by atoms with Gasteiger partial charge in [0.1, 0.15) is 12.0 Å². The molecule has 3 heteroatoms. The van der Waals surface area contributed by atoms with Crippen molar-refractivity contribution in [1.29, 1.82) is 0 Å². The van der Waals surface area contributed by atoms with Crippen molar-refractivity contribution in [3.63, 3.8) is 0 Å². The third-order valence-electron chi connectivity index (χ3n) is 2.41. The van der Waals surface area contributed by atoms with Crippen LogP contribution in [0.15, 0.2) is 18.2 Å². The van der Waals surface area contributed by atoms with Crippen LogP contribution in [-0.2, 0) is 0 Å². The first-order chi connectivity index (χ1) is 6.81. The third kappa shape index (κ3) is 1.63. The molecule has 0 aromatic heterocycles. The molecule has 1 aliphatic rings. The van der Waals surface area contributed by atoms with Crippen molar-refractivity contribution < 1.29 is 14.6 Å². The zero-order valence-electron chi connectivity index (χ0n) is 7.77. The van der Waals surface area contributed by atoms with E-state index in [0.717, 1.165) is 18.3 Å². The number of aliphatic hydroxyl groups excluding tert-OH is 1. The first-order valence-electron chi connectivity index (χ1n) is 4.71. The summed E-state index contributed by atoms with van der Waals surface area (Å²) in [4.78, 5) is 10.6. The zero-order valence-corrected chi connectivity index (χ0v) is 7.77. The molecule has 0 bridgehead atoms. The lowest BCUT2D eigenvalue weighted by molar-refractivity contribution is 0.112. The highest BCUT2D eigenvalue weighted by Crippen LogP contribution is 2.31. The summed E-state index contributed by atoms with van der Waals surface area (Å²) in [6.07, 6.45) is 1.80. The van der Waals surface area contributed by atoms with E-state index in [1.54, 1.807) is 18.2 Å². The summed E-state index contributed by atoms with van der Waals surface area (Å²) >= 11 is 0. The summed E-state index contributed by atoms with van der Waals surface area (Å²) in [5.41, 5.74) is 1.31. The van der Waals surface area contributed by atoms with Crippen molar-refractivity contribution >= 4 is 6.29 Å². The monoisotopic (exact) mass is 192 g/mol. The first kappa shape index (κ1) is 9.21. The number of aldehydes is 1. The van der Waals surface area contributed by atoms with Crippen LogP contribution in [0, 0.1) is 0 Å². The van der Waals surface area contributed by atoms with E-state index in [9.17, 15) is 9.90 Å². The number of hydrogen-bond donors (Lipinski definition) is 1. The largest absolute Gasteiger partial charge is 0.493 e. The Balaban J connectivity index is 2.44. The lowest BCUT2D eigenvalue weighted by Gasteiger charge is -2.10. The molecule has 14 heavy (non-hydrogen) atoms. The average Bonchev–Trinajstić information content (AvgIpc) is 2.40. The molecule has 1 N–H and O–H groups in total. The molecular weight excluding hydrogens is 180 g/mol. The van der Waals surface area contributed by atoms with Gasteiger partial charge >= 0.3 is 0 Å². The van der Waals surface area contributed by atoms with Crippen LogP contribution in [0.25, 0.3) is 0 Å². The van der Waals surface area contributed by atoms with Gasteiger partial charge in [0.2, 0.25) is 0 Å². The molecule has 0 spiro atoms. The van der Waals surface area contributed by atoms with Gasteiger partial charge in [-0.25, -0.2) is 0 Å². The molecule has 1 atom stereocenters. The van der Waals surface area contributed by atoms with Crippen molar-refractivity contribution in [2.45, 2.75) is 18.9 Å². The summed E-state index contributed by atoms with van der Waals surface area (Å²) in [5.74, 6) is 0.695. The molecule has 0 saturated heterocycles. The van der Waals surface area contributed by atoms with Gasteiger partial charge in [-0.3, -0.25) is 4.79 Å². The Labute approximate surface area is 82.3 Å². The Kier molecular flexibility index (Phi) is 2.50. The van der Waals surface area contributed by atoms with Gasteiger partial charge in [0.05, 0.1) is 12.7 Å². The van der Waals surface area contributed by atoms with Gasteiger partial charge in [0.15, 0.2) is 0 Å². The fourth-order valence-electron chi connectivity index (χ4n) is 1.65. The van der Waals surface area contributed by atoms with Crippen LogP contribution in [0.3, 0.4) is 0 Å². The molecule has 0 radical (unpaired) electrons. The number of benzene rings is 1. The molecule has 0 fully saturated rings. The molecule has 1 aliphatic heterocycles. The Morgan fingerprint density at radius 2 is 2.36 bits per heavy atom. The number of carbonyl (C=O) groups is 1. The second kappa shape index (κ2) is 3.80. The fraction of sp³-hybridized carbons (Fsp3) is 0.364. The second-order valence-corrected chi connectivity index (χ2v) is 3.42. The van der Waals surface area contributed by atoms with E-state index >= 15 is 0 Å². The zero-order chi connectivity index (χ0) is 9.97. The lowest BCUT2D eigenvalue weighted by Crippen LogP contribution is -1.97. The molecule has 1 aromatic rings. The summed E-state index contributed by atoms with van der Waals surface area (Å²) in [7, 11) is 0. The van der Waals surface area contributed by atoms with Crippen LogP contribution < -0.4 is 4.74 Å². The van der Waals surface area contributed by atoms with Crippen LogP contribution >= 0.6 is 0 Å². The predicted octanol–water partition coefficient (Wildman–Crippen LogP) is 1.71. The van der Waals surface area contributed by atoms with Gasteiger partial charge in [-0.15, -0.1) is 0 Å². The Hall–Kier alpha value is -1.35. The van der Waals surface area contributed by atoms with E-state index < -0.39 is 6.10 Å². The standard InChI is InChI=1S/C11H12O3/c12-7-8-3-4-11-9(6-8)10(13)2-1-5-14-11/h3-4,6-7,10,13H,1-2,5H2. The summed E-state index contributed by atoms with van der Waals surface area (Å²) in [6, 6.07) is 5.13. The minimum absolute atomic E-state index is 0.507. The van der Waals surface area contributed by atoms with E-state index in [0.29, 0.717) is 24.3 Å². The minimum Gasteiger partial charge on any atom is -0.493 e. The Morgan fingerprint density at radius 1 is 1.50 bits per heavy atom. The van der Waals surface area contributed by atoms with E-state index in [-0.39, 0.29) is 0 Å². The predicted molar refractivity (Wildman–Crippen MR) is 51.5 cm³/mol. The highest BCUT2D eigenvalue weighted by atomic mass is 16.5. The Bertz CT molecular complexity index is 346. The van der Waals surface area contributed by atoms with E-state index in [1.165, 1.54) is 0 Å². The number of aliphatic hydroxyl groups is 1. The van der Waals surface area contributed by atoms with Crippen LogP contribution in [0.2, 0.25) is 0 Å². The topological polar surface area (TPSA) is 46.5 Å². The van der Waals surface area contributed by atoms with E-state index in [4.69, 9.17) is 4.74 Å². The molecule has 0 amide bonds. The maximum atomic E-state index is 10.6. The average molecular weight is 192 g/mol. The molecule has 0 aliphatic carbocycles. The van der Waals surface area contributed by atoms with Gasteiger partial charge in [0, 0.05) is 11.1 Å². The number of carbonyl (C=O) groups excluding carboxylic acids is 1. The number of ether oxygens (including phenoxy) is 1. The third-order valence-corrected chi connectivity index (χ3v) is 2.41. The van der Waals surface area contributed by atoms with Crippen molar-refractivity contribution in [1.82, 2.24) is 0 Å². The molecule has 1 heterocycles. The summed E-state index contributed by atoms with van der Waals surface area (Å²) < 4.78 is 5.44. The molecule has 3 nitrogen and oxygen atoms in total. The lowest BCUT2D eigenvalue weighted by atomic mass is 10.0. The van der Waals surface area contributed by atoms with Crippen molar-refractivity contribution in [2.75, 3.05) is 6.61 Å². The molecule has 1 unspecified atom stereocenters. The molecule has 0 saturated carbocycles. The fourth-order valence-corrected chi connectivity index (χ4v) is 1.65. The van der Waals surface area contributed by atoms with Crippen molar-refractivity contribution in [2.24, 2.45) is 0 Å². The maximum Gasteiger partial charge on any atom is 0.150 e. The van der Waals surface area contributed by atoms with Gasteiger partial charge in [-0.2, -0.15) is 0 Å². The number of rotatable bonds is 1. The summed E-state index contributed by atoms with van der Waals surface area (Å²) in [6.45, 7) is 0.629. The highest BCUT2D eigenvalue weighted by Gasteiger charge is 2.17. The smallest absolute Gasteiger partial charge is 0.150 e. The van der Waals surface area contributed by atoms with Gasteiger partial charge in [0.25, 0.3) is 0 Å². The van der Waals surface area contributed by atoms with Crippen molar-refractivity contribution in [3.8, 4) is 5.75 Å². The van der Waals surface area contributed by atoms with Crippen LogP contribution in [0.5, 0.6) is 5.75 Å². The quantitative estimate of drug-likeness (QED) is 0.689. The Morgan fingerprint density at radius 3 is 3.14 bits per heavy atom. The van der Waals surface area contributed by atoms with Gasteiger partial charge in [-0.05, 0) is 31.0 Å². The SMILES string of the molecule is O=Cc1ccc2c(c1)C(O)CCCO2. The van der Waals surface area contributed by atoms with Crippen LogP contribution in [0.1, 0.15) is 34.9 Å². The molecule has 74 valence electrons. The minimum atomic E-state index is -0.507. The normalized spacial score (nSPS) is 20.5.